The Bertz CT molecular complexity index is 284. The molecule has 2 unspecified atom stereocenters. The third-order valence-corrected chi connectivity index (χ3v) is 4.62. The lowest BCUT2D eigenvalue weighted by Crippen LogP contribution is -2.47. The van der Waals surface area contributed by atoms with E-state index in [-0.39, 0.29) is 11.7 Å². The molecule has 0 bridgehead atoms. The zero-order chi connectivity index (χ0) is 12.5. The number of carbonyl (C=O) groups is 1. The van der Waals surface area contributed by atoms with Gasteiger partial charge >= 0.3 is 6.09 Å². The Morgan fingerprint density at radius 3 is 2.59 bits per heavy atom. The van der Waals surface area contributed by atoms with Crippen molar-refractivity contribution >= 4 is 6.09 Å². The number of likely N-dealkylation sites (N-methyl/N-ethyl adjacent to an activating group) is 1. The average Bonchev–Trinajstić information content (AvgIpc) is 2.85. The van der Waals surface area contributed by atoms with Crippen molar-refractivity contribution in [2.24, 2.45) is 5.92 Å². The summed E-state index contributed by atoms with van der Waals surface area (Å²) in [6.07, 6.45) is 7.96. The number of nitrogens with zero attached hydrogens (tertiary/aromatic N) is 1. The molecule has 0 radical (unpaired) electrons. The van der Waals surface area contributed by atoms with Gasteiger partial charge in [-0.25, -0.2) is 4.79 Å². The summed E-state index contributed by atoms with van der Waals surface area (Å²) >= 11 is 0. The Morgan fingerprint density at radius 1 is 1.41 bits per heavy atom. The van der Waals surface area contributed by atoms with Crippen LogP contribution in [0.15, 0.2) is 0 Å². The van der Waals surface area contributed by atoms with Crippen LogP contribution in [-0.2, 0) is 4.74 Å². The Balaban J connectivity index is 2.23. The fourth-order valence-corrected chi connectivity index (χ4v) is 3.85. The summed E-state index contributed by atoms with van der Waals surface area (Å²) in [6.45, 7) is 4.46. The van der Waals surface area contributed by atoms with Crippen molar-refractivity contribution < 1.29 is 9.53 Å². The van der Waals surface area contributed by atoms with Gasteiger partial charge in [-0.05, 0) is 38.0 Å². The van der Waals surface area contributed by atoms with Crippen LogP contribution in [0.3, 0.4) is 0 Å². The van der Waals surface area contributed by atoms with Gasteiger partial charge in [-0.15, -0.1) is 0 Å². The summed E-state index contributed by atoms with van der Waals surface area (Å²) < 4.78 is 5.75. The number of hydrogen-bond donors (Lipinski definition) is 0. The topological polar surface area (TPSA) is 29.5 Å². The predicted octanol–water partition coefficient (Wildman–Crippen LogP) is 3.58. The van der Waals surface area contributed by atoms with E-state index in [1.54, 1.807) is 0 Å². The number of amides is 1. The molecule has 0 N–H and O–H groups in total. The van der Waals surface area contributed by atoms with E-state index in [1.165, 1.54) is 25.7 Å². The second-order valence-corrected chi connectivity index (χ2v) is 5.65. The van der Waals surface area contributed by atoms with Crippen molar-refractivity contribution in [2.45, 2.75) is 70.4 Å². The third-order valence-electron chi connectivity index (χ3n) is 4.62. The standard InChI is InChI=1S/C14H25NO2/c1-4-8-11(5-2)12-14(9-6-7-10-14)17-13(16)15(12)3/h11-12H,4-10H2,1-3H3. The quantitative estimate of drug-likeness (QED) is 0.750. The lowest BCUT2D eigenvalue weighted by molar-refractivity contribution is 0.0214. The second kappa shape index (κ2) is 4.87. The Labute approximate surface area is 105 Å². The van der Waals surface area contributed by atoms with E-state index in [0.717, 1.165) is 19.3 Å². The molecule has 1 amide bonds. The van der Waals surface area contributed by atoms with E-state index in [4.69, 9.17) is 4.74 Å². The van der Waals surface area contributed by atoms with Gasteiger partial charge < -0.3 is 9.64 Å². The number of rotatable bonds is 4. The van der Waals surface area contributed by atoms with E-state index in [1.807, 2.05) is 11.9 Å². The molecule has 2 atom stereocenters. The molecule has 1 spiro atoms. The monoisotopic (exact) mass is 239 g/mol. The predicted molar refractivity (Wildman–Crippen MR) is 67.9 cm³/mol. The minimum Gasteiger partial charge on any atom is -0.441 e. The highest BCUT2D eigenvalue weighted by molar-refractivity contribution is 5.71. The molecule has 1 aliphatic carbocycles. The smallest absolute Gasteiger partial charge is 0.410 e. The highest BCUT2D eigenvalue weighted by Crippen LogP contribution is 2.46. The minimum absolute atomic E-state index is 0.105. The van der Waals surface area contributed by atoms with Gasteiger partial charge in [-0.3, -0.25) is 0 Å². The maximum absolute atomic E-state index is 11.9. The Morgan fingerprint density at radius 2 is 2.06 bits per heavy atom. The minimum atomic E-state index is -0.151. The van der Waals surface area contributed by atoms with Gasteiger partial charge in [0.15, 0.2) is 0 Å². The molecule has 1 aliphatic heterocycles. The molecule has 1 saturated heterocycles. The summed E-state index contributed by atoms with van der Waals surface area (Å²) in [6, 6.07) is 0.308. The lowest BCUT2D eigenvalue weighted by Gasteiger charge is -2.36. The molecular formula is C14H25NO2. The molecule has 0 aromatic carbocycles. The highest BCUT2D eigenvalue weighted by Gasteiger charge is 2.55. The second-order valence-electron chi connectivity index (χ2n) is 5.65. The van der Waals surface area contributed by atoms with Crippen LogP contribution in [-0.4, -0.2) is 29.7 Å². The van der Waals surface area contributed by atoms with Gasteiger partial charge in [0, 0.05) is 7.05 Å². The first kappa shape index (κ1) is 12.7. The zero-order valence-electron chi connectivity index (χ0n) is 11.4. The first-order valence-electron chi connectivity index (χ1n) is 7.10. The molecule has 17 heavy (non-hydrogen) atoms. The van der Waals surface area contributed by atoms with E-state index < -0.39 is 0 Å². The fourth-order valence-electron chi connectivity index (χ4n) is 3.85. The molecule has 2 aliphatic rings. The third kappa shape index (κ3) is 2.04. The summed E-state index contributed by atoms with van der Waals surface area (Å²) in [5.74, 6) is 0.592. The maximum atomic E-state index is 11.9. The van der Waals surface area contributed by atoms with Crippen LogP contribution in [0.25, 0.3) is 0 Å². The largest absolute Gasteiger partial charge is 0.441 e. The van der Waals surface area contributed by atoms with Crippen molar-refractivity contribution in [2.75, 3.05) is 7.05 Å². The van der Waals surface area contributed by atoms with Crippen LogP contribution in [0.1, 0.15) is 58.8 Å². The van der Waals surface area contributed by atoms with Crippen LogP contribution < -0.4 is 0 Å². The number of hydrogen-bond acceptors (Lipinski definition) is 2. The molecule has 98 valence electrons. The van der Waals surface area contributed by atoms with Crippen LogP contribution in [0.5, 0.6) is 0 Å². The zero-order valence-corrected chi connectivity index (χ0v) is 11.4. The van der Waals surface area contributed by atoms with Crippen molar-refractivity contribution in [3.05, 3.63) is 0 Å². The van der Waals surface area contributed by atoms with Gasteiger partial charge in [-0.1, -0.05) is 26.7 Å². The molecule has 2 fully saturated rings. The Hall–Kier alpha value is -0.730. The molecule has 0 aromatic heterocycles. The summed E-state index contributed by atoms with van der Waals surface area (Å²) in [7, 11) is 1.92. The molecule has 1 heterocycles. The van der Waals surface area contributed by atoms with E-state index in [9.17, 15) is 4.79 Å². The average molecular weight is 239 g/mol. The first-order chi connectivity index (χ1) is 8.14. The normalized spacial score (nSPS) is 28.8. The first-order valence-corrected chi connectivity index (χ1v) is 7.10. The van der Waals surface area contributed by atoms with Crippen molar-refractivity contribution in [3.8, 4) is 0 Å². The van der Waals surface area contributed by atoms with Crippen LogP contribution in [0.4, 0.5) is 4.79 Å². The highest BCUT2D eigenvalue weighted by atomic mass is 16.6. The Kier molecular flexibility index (Phi) is 3.64. The van der Waals surface area contributed by atoms with Crippen LogP contribution >= 0.6 is 0 Å². The van der Waals surface area contributed by atoms with E-state index >= 15 is 0 Å². The van der Waals surface area contributed by atoms with Crippen molar-refractivity contribution in [1.29, 1.82) is 0 Å². The van der Waals surface area contributed by atoms with Gasteiger partial charge in [0.1, 0.15) is 5.60 Å². The summed E-state index contributed by atoms with van der Waals surface area (Å²) in [5.41, 5.74) is -0.151. The fraction of sp³-hybridized carbons (Fsp3) is 0.929. The lowest BCUT2D eigenvalue weighted by atomic mass is 9.79. The number of carbonyl (C=O) groups excluding carboxylic acids is 1. The molecule has 3 nitrogen and oxygen atoms in total. The molecular weight excluding hydrogens is 214 g/mol. The van der Waals surface area contributed by atoms with Gasteiger partial charge in [0.25, 0.3) is 0 Å². The summed E-state index contributed by atoms with van der Waals surface area (Å²) in [4.78, 5) is 13.7. The SMILES string of the molecule is CCCC(CC)C1N(C)C(=O)OC12CCCC2. The van der Waals surface area contributed by atoms with Gasteiger partial charge in [-0.2, -0.15) is 0 Å². The van der Waals surface area contributed by atoms with E-state index in [2.05, 4.69) is 13.8 Å². The number of ether oxygens (including phenoxy) is 1. The van der Waals surface area contributed by atoms with Crippen LogP contribution in [0.2, 0.25) is 0 Å². The van der Waals surface area contributed by atoms with Crippen LogP contribution in [0, 0.1) is 5.92 Å². The molecule has 2 rings (SSSR count). The maximum Gasteiger partial charge on any atom is 0.410 e. The molecule has 1 saturated carbocycles. The van der Waals surface area contributed by atoms with Crippen molar-refractivity contribution in [3.63, 3.8) is 0 Å². The summed E-state index contributed by atoms with van der Waals surface area (Å²) in [5, 5.41) is 0. The van der Waals surface area contributed by atoms with Gasteiger partial charge in [0.05, 0.1) is 6.04 Å². The molecule has 0 aromatic rings. The van der Waals surface area contributed by atoms with E-state index in [0.29, 0.717) is 12.0 Å². The van der Waals surface area contributed by atoms with Crippen molar-refractivity contribution in [1.82, 2.24) is 4.90 Å². The molecule has 3 heteroatoms. The van der Waals surface area contributed by atoms with Gasteiger partial charge in [0.2, 0.25) is 0 Å².